The van der Waals surface area contributed by atoms with Gasteiger partial charge in [0.1, 0.15) is 5.88 Å². The summed E-state index contributed by atoms with van der Waals surface area (Å²) in [5, 5.41) is 5.62. The third kappa shape index (κ3) is 3.81. The molecule has 3 amide bonds. The maximum Gasteiger partial charge on any atom is 0.340 e. The smallest absolute Gasteiger partial charge is 0.338 e. The lowest BCUT2D eigenvalue weighted by molar-refractivity contribution is -0.119. The fourth-order valence-electron chi connectivity index (χ4n) is 0.643. The fraction of sp³-hybridized carbons (Fsp3) is 0.333. The average Bonchev–Trinajstić information content (AvgIpc) is 2.60. The van der Waals surface area contributed by atoms with Crippen LogP contribution in [-0.2, 0) is 4.79 Å². The van der Waals surface area contributed by atoms with E-state index in [4.69, 9.17) is 11.6 Å². The lowest BCUT2D eigenvalue weighted by Gasteiger charge is -2.04. The molecule has 82 valence electrons. The van der Waals surface area contributed by atoms with E-state index in [-0.39, 0.29) is 11.8 Å². The van der Waals surface area contributed by atoms with Crippen molar-refractivity contribution in [3.8, 4) is 0 Å². The number of aromatic nitrogens is 2. The van der Waals surface area contributed by atoms with E-state index in [2.05, 4.69) is 20.0 Å². The van der Waals surface area contributed by atoms with Crippen LogP contribution in [0, 0.1) is 6.92 Å². The van der Waals surface area contributed by atoms with Crippen LogP contribution in [0.15, 0.2) is 4.52 Å². The van der Waals surface area contributed by atoms with Crippen molar-refractivity contribution in [1.29, 1.82) is 0 Å². The lowest BCUT2D eigenvalue weighted by Crippen LogP contribution is -2.44. The Balaban J connectivity index is 2.33. The fourth-order valence-corrected chi connectivity index (χ4v) is 0.710. The van der Waals surface area contributed by atoms with Gasteiger partial charge >= 0.3 is 6.03 Å². The zero-order valence-corrected chi connectivity index (χ0v) is 8.46. The standard InChI is InChI=1S/C6H8ClN5O3/c1-3-8-5(12-15-3)9-6(14)11-10-4(13)2-7/h2H2,1H3,(H,10,13)(H2,9,11,12,14). The van der Waals surface area contributed by atoms with E-state index in [1.54, 1.807) is 6.92 Å². The Morgan fingerprint density at radius 1 is 1.47 bits per heavy atom. The molecule has 0 aromatic carbocycles. The summed E-state index contributed by atoms with van der Waals surface area (Å²) < 4.78 is 4.60. The van der Waals surface area contributed by atoms with Gasteiger partial charge in [0.15, 0.2) is 0 Å². The number of carbonyl (C=O) groups excluding carboxylic acids is 2. The molecule has 1 rings (SSSR count). The van der Waals surface area contributed by atoms with Crippen LogP contribution in [-0.4, -0.2) is 28.0 Å². The zero-order valence-electron chi connectivity index (χ0n) is 7.70. The third-order valence-corrected chi connectivity index (χ3v) is 1.43. The van der Waals surface area contributed by atoms with E-state index in [1.165, 1.54) is 0 Å². The largest absolute Gasteiger partial charge is 0.340 e. The minimum atomic E-state index is -0.700. The number of alkyl halides is 1. The Kier molecular flexibility index (Phi) is 3.86. The quantitative estimate of drug-likeness (QED) is 0.483. The van der Waals surface area contributed by atoms with Gasteiger partial charge in [-0.3, -0.25) is 15.5 Å². The number of hydrazine groups is 1. The molecule has 0 aliphatic heterocycles. The predicted octanol–water partition coefficient (Wildman–Crippen LogP) is -0.230. The van der Waals surface area contributed by atoms with Crippen LogP contribution in [0.25, 0.3) is 0 Å². The second-order valence-electron chi connectivity index (χ2n) is 2.40. The molecule has 3 N–H and O–H groups in total. The number of hydrogen-bond donors (Lipinski definition) is 3. The monoisotopic (exact) mass is 233 g/mol. The van der Waals surface area contributed by atoms with E-state index in [0.29, 0.717) is 5.89 Å². The van der Waals surface area contributed by atoms with Crippen molar-refractivity contribution >= 4 is 29.5 Å². The third-order valence-electron chi connectivity index (χ3n) is 1.19. The van der Waals surface area contributed by atoms with Gasteiger partial charge in [-0.1, -0.05) is 0 Å². The first kappa shape index (κ1) is 11.2. The number of amides is 3. The lowest BCUT2D eigenvalue weighted by atomic mass is 10.7. The van der Waals surface area contributed by atoms with Crippen LogP contribution in [0.4, 0.5) is 10.7 Å². The van der Waals surface area contributed by atoms with Gasteiger partial charge < -0.3 is 4.52 Å². The molecule has 0 saturated heterocycles. The van der Waals surface area contributed by atoms with Crippen molar-refractivity contribution in [2.45, 2.75) is 6.92 Å². The molecule has 1 aromatic rings. The van der Waals surface area contributed by atoms with Gasteiger partial charge in [0, 0.05) is 6.92 Å². The molecular formula is C6H8ClN5O3. The minimum absolute atomic E-state index is 0.00474. The van der Waals surface area contributed by atoms with Gasteiger partial charge in [0.25, 0.3) is 11.9 Å². The topological polar surface area (TPSA) is 109 Å². The van der Waals surface area contributed by atoms with Gasteiger partial charge in [-0.05, 0) is 5.16 Å². The molecule has 0 bridgehead atoms. The van der Waals surface area contributed by atoms with Crippen molar-refractivity contribution in [2.75, 3.05) is 11.2 Å². The molecule has 15 heavy (non-hydrogen) atoms. The van der Waals surface area contributed by atoms with Crippen LogP contribution in [0.5, 0.6) is 0 Å². The summed E-state index contributed by atoms with van der Waals surface area (Å²) in [4.78, 5) is 25.4. The molecule has 0 unspecified atom stereocenters. The highest BCUT2D eigenvalue weighted by molar-refractivity contribution is 6.27. The van der Waals surface area contributed by atoms with Crippen molar-refractivity contribution in [3.63, 3.8) is 0 Å². The number of hydrogen-bond acceptors (Lipinski definition) is 5. The number of nitrogens with one attached hydrogen (secondary N) is 3. The van der Waals surface area contributed by atoms with Crippen LogP contribution in [0.3, 0.4) is 0 Å². The summed E-state index contributed by atoms with van der Waals surface area (Å²) in [7, 11) is 0. The highest BCUT2D eigenvalue weighted by atomic mass is 35.5. The van der Waals surface area contributed by atoms with Crippen molar-refractivity contribution < 1.29 is 14.1 Å². The number of carbonyl (C=O) groups is 2. The number of rotatable bonds is 2. The normalized spacial score (nSPS) is 9.47. The van der Waals surface area contributed by atoms with Gasteiger partial charge in [-0.2, -0.15) is 4.98 Å². The molecule has 0 spiro atoms. The summed E-state index contributed by atoms with van der Waals surface area (Å²) >= 11 is 5.18. The van der Waals surface area contributed by atoms with Crippen LogP contribution in [0.1, 0.15) is 5.89 Å². The average molecular weight is 234 g/mol. The maximum absolute atomic E-state index is 11.0. The molecular weight excluding hydrogens is 226 g/mol. The molecule has 0 aliphatic carbocycles. The first-order valence-electron chi connectivity index (χ1n) is 3.84. The van der Waals surface area contributed by atoms with Crippen molar-refractivity contribution in [2.24, 2.45) is 0 Å². The number of anilines is 1. The molecule has 1 heterocycles. The molecule has 0 aliphatic rings. The molecule has 1 aromatic heterocycles. The Bertz CT molecular complexity index is 365. The van der Waals surface area contributed by atoms with E-state index in [0.717, 1.165) is 0 Å². The van der Waals surface area contributed by atoms with Gasteiger partial charge in [0.2, 0.25) is 5.89 Å². The summed E-state index contributed by atoms with van der Waals surface area (Å²) in [6.07, 6.45) is 0. The second kappa shape index (κ2) is 5.15. The Hall–Kier alpha value is -1.83. The van der Waals surface area contributed by atoms with Gasteiger partial charge in [-0.15, -0.1) is 11.6 Å². The van der Waals surface area contributed by atoms with Crippen molar-refractivity contribution in [3.05, 3.63) is 5.89 Å². The van der Waals surface area contributed by atoms with Crippen LogP contribution < -0.4 is 16.2 Å². The van der Waals surface area contributed by atoms with E-state index >= 15 is 0 Å². The number of urea groups is 1. The van der Waals surface area contributed by atoms with E-state index in [9.17, 15) is 9.59 Å². The molecule has 0 fully saturated rings. The van der Waals surface area contributed by atoms with Gasteiger partial charge in [0.05, 0.1) is 0 Å². The summed E-state index contributed by atoms with van der Waals surface area (Å²) in [6.45, 7) is 1.57. The molecule has 8 nitrogen and oxygen atoms in total. The van der Waals surface area contributed by atoms with Crippen molar-refractivity contribution in [1.82, 2.24) is 21.0 Å². The number of aryl methyl sites for hydroxylation is 1. The minimum Gasteiger partial charge on any atom is -0.338 e. The molecule has 9 heteroatoms. The predicted molar refractivity (Wildman–Crippen MR) is 50.1 cm³/mol. The highest BCUT2D eigenvalue weighted by Crippen LogP contribution is 1.99. The number of nitrogens with zero attached hydrogens (tertiary/aromatic N) is 2. The molecule has 0 atom stereocenters. The maximum atomic E-state index is 11.0. The Labute approximate surface area is 89.3 Å². The summed E-state index contributed by atoms with van der Waals surface area (Å²) in [5.41, 5.74) is 4.08. The first-order valence-corrected chi connectivity index (χ1v) is 4.37. The highest BCUT2D eigenvalue weighted by Gasteiger charge is 2.07. The van der Waals surface area contributed by atoms with E-state index < -0.39 is 11.9 Å². The number of halogens is 1. The Morgan fingerprint density at radius 2 is 2.20 bits per heavy atom. The first-order chi connectivity index (χ1) is 7.11. The Morgan fingerprint density at radius 3 is 2.73 bits per heavy atom. The van der Waals surface area contributed by atoms with Crippen LogP contribution >= 0.6 is 11.6 Å². The van der Waals surface area contributed by atoms with Gasteiger partial charge in [-0.25, -0.2) is 10.2 Å². The summed E-state index contributed by atoms with van der Waals surface area (Å²) in [5.74, 6) is -0.460. The molecule has 0 saturated carbocycles. The molecule has 0 radical (unpaired) electrons. The van der Waals surface area contributed by atoms with E-state index in [1.807, 2.05) is 10.9 Å². The summed E-state index contributed by atoms with van der Waals surface area (Å²) in [6, 6.07) is -0.700. The zero-order chi connectivity index (χ0) is 11.3. The second-order valence-corrected chi connectivity index (χ2v) is 2.67. The van der Waals surface area contributed by atoms with Crippen LogP contribution in [0.2, 0.25) is 0 Å². The SMILES string of the molecule is Cc1nc(NC(=O)NNC(=O)CCl)no1.